The van der Waals surface area contributed by atoms with E-state index in [0.717, 1.165) is 24.9 Å². The molecule has 1 amide bonds. The smallest absolute Gasteiger partial charge is 0.251 e. The van der Waals surface area contributed by atoms with Crippen molar-refractivity contribution < 1.29 is 9.53 Å². The minimum Gasteiger partial charge on any atom is -0.388 e. The topological polar surface area (TPSA) is 50.4 Å². The molecule has 0 saturated heterocycles. The van der Waals surface area contributed by atoms with Crippen LogP contribution in [0.3, 0.4) is 0 Å². The number of amides is 1. The summed E-state index contributed by atoms with van der Waals surface area (Å²) in [6.45, 7) is 0. The van der Waals surface area contributed by atoms with E-state index in [1.807, 2.05) is 31.3 Å². The van der Waals surface area contributed by atoms with Crippen LogP contribution in [0.2, 0.25) is 0 Å². The Morgan fingerprint density at radius 1 is 1.28 bits per heavy atom. The molecule has 0 heterocycles. The summed E-state index contributed by atoms with van der Waals surface area (Å²) in [6.07, 6.45) is 3.30. The molecule has 4 nitrogen and oxygen atoms in total. The molecule has 1 aromatic rings. The molecule has 1 aliphatic rings. The lowest BCUT2D eigenvalue weighted by Crippen LogP contribution is -2.40. The molecule has 2 atom stereocenters. The lowest BCUT2D eigenvalue weighted by molar-refractivity contribution is 0.0722. The molecule has 0 spiro atoms. The third kappa shape index (κ3) is 2.82. The van der Waals surface area contributed by atoms with Gasteiger partial charge in [-0.15, -0.1) is 0 Å². The summed E-state index contributed by atoms with van der Waals surface area (Å²) in [5.74, 6) is -0.0217. The van der Waals surface area contributed by atoms with Crippen molar-refractivity contribution in [2.45, 2.75) is 31.4 Å². The van der Waals surface area contributed by atoms with Gasteiger partial charge in [0.1, 0.15) is 0 Å². The zero-order valence-electron chi connectivity index (χ0n) is 10.9. The summed E-state index contributed by atoms with van der Waals surface area (Å²) < 4.78 is 5.37. The second-order valence-electron chi connectivity index (χ2n) is 4.61. The van der Waals surface area contributed by atoms with E-state index in [0.29, 0.717) is 5.56 Å². The fraction of sp³-hybridized carbons (Fsp3) is 0.500. The van der Waals surface area contributed by atoms with Crippen molar-refractivity contribution in [3.8, 4) is 0 Å². The number of rotatable bonds is 4. The average Bonchev–Trinajstić information content (AvgIpc) is 2.86. The van der Waals surface area contributed by atoms with E-state index in [1.54, 1.807) is 7.11 Å². The van der Waals surface area contributed by atoms with E-state index in [2.05, 4.69) is 10.6 Å². The van der Waals surface area contributed by atoms with Crippen LogP contribution >= 0.6 is 0 Å². The fourth-order valence-electron chi connectivity index (χ4n) is 2.41. The van der Waals surface area contributed by atoms with E-state index in [1.165, 1.54) is 0 Å². The molecule has 0 bridgehead atoms. The van der Waals surface area contributed by atoms with Crippen molar-refractivity contribution >= 4 is 11.6 Å². The van der Waals surface area contributed by atoms with Gasteiger partial charge in [0, 0.05) is 25.4 Å². The summed E-state index contributed by atoms with van der Waals surface area (Å²) in [5.41, 5.74) is 1.69. The first-order chi connectivity index (χ1) is 8.74. The zero-order chi connectivity index (χ0) is 13.0. The van der Waals surface area contributed by atoms with Crippen molar-refractivity contribution in [1.82, 2.24) is 5.32 Å². The Balaban J connectivity index is 1.98. The third-order valence-corrected chi connectivity index (χ3v) is 3.51. The van der Waals surface area contributed by atoms with Gasteiger partial charge in [-0.1, -0.05) is 0 Å². The maximum Gasteiger partial charge on any atom is 0.251 e. The van der Waals surface area contributed by atoms with Crippen LogP contribution in [0.5, 0.6) is 0 Å². The molecule has 2 N–H and O–H groups in total. The highest BCUT2D eigenvalue weighted by atomic mass is 16.5. The minimum absolute atomic E-state index is 0.0217. The van der Waals surface area contributed by atoms with E-state index in [4.69, 9.17) is 4.74 Å². The minimum atomic E-state index is -0.0217. The van der Waals surface area contributed by atoms with Crippen molar-refractivity contribution in [3.05, 3.63) is 29.8 Å². The lowest BCUT2D eigenvalue weighted by Gasteiger charge is -2.19. The third-order valence-electron chi connectivity index (χ3n) is 3.51. The highest BCUT2D eigenvalue weighted by Gasteiger charge is 2.28. The van der Waals surface area contributed by atoms with Gasteiger partial charge < -0.3 is 15.4 Å². The van der Waals surface area contributed by atoms with Gasteiger partial charge in [-0.3, -0.25) is 4.79 Å². The number of anilines is 1. The van der Waals surface area contributed by atoms with Crippen LogP contribution in [-0.4, -0.2) is 32.2 Å². The molecule has 98 valence electrons. The molecule has 1 aliphatic carbocycles. The summed E-state index contributed by atoms with van der Waals surface area (Å²) in [4.78, 5) is 12.1. The van der Waals surface area contributed by atoms with Crippen LogP contribution in [0.25, 0.3) is 0 Å². The summed E-state index contributed by atoms with van der Waals surface area (Å²) >= 11 is 0. The highest BCUT2D eigenvalue weighted by Crippen LogP contribution is 2.22. The molecule has 18 heavy (non-hydrogen) atoms. The Morgan fingerprint density at radius 2 is 2.00 bits per heavy atom. The number of nitrogens with one attached hydrogen (secondary N) is 2. The standard InChI is InChI=1S/C14H20N2O2/c1-15-11-8-6-10(7-9-11)14(17)16-12-4-3-5-13(12)18-2/h6-9,12-13,15H,3-5H2,1-2H3,(H,16,17). The first-order valence-corrected chi connectivity index (χ1v) is 6.36. The number of hydrogen-bond donors (Lipinski definition) is 2. The number of ether oxygens (including phenoxy) is 1. The molecular weight excluding hydrogens is 228 g/mol. The number of benzene rings is 1. The molecular formula is C14H20N2O2. The van der Waals surface area contributed by atoms with Crippen LogP contribution in [0.1, 0.15) is 29.6 Å². The number of carbonyl (C=O) groups excluding carboxylic acids is 1. The summed E-state index contributed by atoms with van der Waals surface area (Å²) in [5, 5.41) is 6.08. The maximum atomic E-state index is 12.1. The van der Waals surface area contributed by atoms with Gasteiger partial charge >= 0.3 is 0 Å². The Hall–Kier alpha value is -1.55. The average molecular weight is 248 g/mol. The second-order valence-corrected chi connectivity index (χ2v) is 4.61. The van der Waals surface area contributed by atoms with Crippen molar-refractivity contribution in [2.24, 2.45) is 0 Å². The van der Waals surface area contributed by atoms with Gasteiger partial charge in [0.2, 0.25) is 0 Å². The summed E-state index contributed by atoms with van der Waals surface area (Å²) in [6, 6.07) is 7.61. The number of methoxy groups -OCH3 is 1. The molecule has 2 rings (SSSR count). The van der Waals surface area contributed by atoms with E-state index in [9.17, 15) is 4.79 Å². The molecule has 1 fully saturated rings. The number of hydrogen-bond acceptors (Lipinski definition) is 3. The molecule has 4 heteroatoms. The molecule has 0 aliphatic heterocycles. The normalized spacial score (nSPS) is 22.8. The SMILES string of the molecule is CNc1ccc(C(=O)NC2CCCC2OC)cc1. The number of carbonyl (C=O) groups is 1. The van der Waals surface area contributed by atoms with Gasteiger partial charge in [-0.25, -0.2) is 0 Å². The van der Waals surface area contributed by atoms with Crippen LogP contribution in [0, 0.1) is 0 Å². The Morgan fingerprint density at radius 3 is 2.61 bits per heavy atom. The lowest BCUT2D eigenvalue weighted by atomic mass is 10.1. The first-order valence-electron chi connectivity index (χ1n) is 6.36. The van der Waals surface area contributed by atoms with Crippen molar-refractivity contribution in [1.29, 1.82) is 0 Å². The fourth-order valence-corrected chi connectivity index (χ4v) is 2.41. The zero-order valence-corrected chi connectivity index (χ0v) is 10.9. The predicted octanol–water partition coefficient (Wildman–Crippen LogP) is 2.03. The van der Waals surface area contributed by atoms with Gasteiger partial charge in [0.05, 0.1) is 12.1 Å². The first kappa shape index (κ1) is 12.9. The van der Waals surface area contributed by atoms with Crippen molar-refractivity contribution in [2.75, 3.05) is 19.5 Å². The molecule has 1 aromatic carbocycles. The van der Waals surface area contributed by atoms with Gasteiger partial charge in [-0.2, -0.15) is 0 Å². The quantitative estimate of drug-likeness (QED) is 0.857. The molecule has 0 aromatic heterocycles. The van der Waals surface area contributed by atoms with Gasteiger partial charge in [-0.05, 0) is 43.5 Å². The Labute approximate surface area is 108 Å². The molecule has 1 saturated carbocycles. The van der Waals surface area contributed by atoms with E-state index < -0.39 is 0 Å². The van der Waals surface area contributed by atoms with E-state index >= 15 is 0 Å². The van der Waals surface area contributed by atoms with Crippen LogP contribution < -0.4 is 10.6 Å². The highest BCUT2D eigenvalue weighted by molar-refractivity contribution is 5.94. The van der Waals surface area contributed by atoms with Crippen LogP contribution in [0.4, 0.5) is 5.69 Å². The van der Waals surface area contributed by atoms with Gasteiger partial charge in [0.25, 0.3) is 5.91 Å². The Bertz CT molecular complexity index is 403. The second kappa shape index (κ2) is 5.87. The maximum absolute atomic E-state index is 12.1. The van der Waals surface area contributed by atoms with Crippen molar-refractivity contribution in [3.63, 3.8) is 0 Å². The van der Waals surface area contributed by atoms with Gasteiger partial charge in [0.15, 0.2) is 0 Å². The molecule has 2 unspecified atom stereocenters. The monoisotopic (exact) mass is 248 g/mol. The van der Waals surface area contributed by atoms with Crippen LogP contribution in [0.15, 0.2) is 24.3 Å². The van der Waals surface area contributed by atoms with Crippen LogP contribution in [-0.2, 0) is 4.74 Å². The predicted molar refractivity (Wildman–Crippen MR) is 71.9 cm³/mol. The van der Waals surface area contributed by atoms with E-state index in [-0.39, 0.29) is 18.1 Å². The summed E-state index contributed by atoms with van der Waals surface area (Å²) in [7, 11) is 3.56. The Kier molecular flexibility index (Phi) is 4.20. The largest absolute Gasteiger partial charge is 0.388 e. The molecule has 0 radical (unpaired) electrons.